The largest absolute Gasteiger partial charge is 0.573 e. The van der Waals surface area contributed by atoms with Crippen molar-refractivity contribution in [2.75, 3.05) is 11.9 Å². The third-order valence-corrected chi connectivity index (χ3v) is 2.55. The molecule has 112 valence electrons. The average molecular weight is 297 g/mol. The van der Waals surface area contributed by atoms with Gasteiger partial charge in [-0.1, -0.05) is 19.1 Å². The molecule has 2 aromatic rings. The molecule has 0 spiro atoms. The second-order valence-electron chi connectivity index (χ2n) is 4.29. The van der Waals surface area contributed by atoms with E-state index in [-0.39, 0.29) is 5.75 Å². The molecule has 21 heavy (non-hydrogen) atoms. The van der Waals surface area contributed by atoms with E-state index in [9.17, 15) is 13.2 Å². The Bertz CT molecular complexity index is 602. The van der Waals surface area contributed by atoms with Gasteiger partial charge in [-0.2, -0.15) is 0 Å². The number of halogens is 3. The number of ether oxygens (including phenoxy) is 1. The molecule has 0 atom stereocenters. The molecule has 0 aliphatic carbocycles. The molecule has 0 aliphatic rings. The predicted octanol–water partition coefficient (Wildman–Crippen LogP) is 3.86. The maximum atomic E-state index is 12.2. The minimum Gasteiger partial charge on any atom is -0.406 e. The third-order valence-electron chi connectivity index (χ3n) is 2.55. The van der Waals surface area contributed by atoms with Crippen LogP contribution in [0.25, 0.3) is 11.3 Å². The van der Waals surface area contributed by atoms with E-state index in [0.717, 1.165) is 13.0 Å². The van der Waals surface area contributed by atoms with Gasteiger partial charge in [0.1, 0.15) is 11.6 Å². The summed E-state index contributed by atoms with van der Waals surface area (Å²) in [6.45, 7) is 2.76. The molecule has 0 saturated carbocycles. The Hall–Kier alpha value is -2.31. The molecule has 7 heteroatoms. The summed E-state index contributed by atoms with van der Waals surface area (Å²) in [7, 11) is 0. The Labute approximate surface area is 120 Å². The van der Waals surface area contributed by atoms with Crippen LogP contribution in [0.3, 0.4) is 0 Å². The molecule has 1 aromatic carbocycles. The maximum absolute atomic E-state index is 12.2. The molecule has 0 radical (unpaired) electrons. The van der Waals surface area contributed by atoms with Crippen molar-refractivity contribution in [2.45, 2.75) is 19.7 Å². The molecular formula is C14H14F3N3O. The molecular weight excluding hydrogens is 283 g/mol. The van der Waals surface area contributed by atoms with E-state index < -0.39 is 6.36 Å². The van der Waals surface area contributed by atoms with E-state index in [1.165, 1.54) is 24.4 Å². The van der Waals surface area contributed by atoms with Crippen molar-refractivity contribution in [1.82, 2.24) is 9.97 Å². The van der Waals surface area contributed by atoms with Crippen molar-refractivity contribution in [3.05, 3.63) is 36.7 Å². The van der Waals surface area contributed by atoms with Crippen molar-refractivity contribution in [1.29, 1.82) is 0 Å². The van der Waals surface area contributed by atoms with Gasteiger partial charge >= 0.3 is 6.36 Å². The first-order valence-electron chi connectivity index (χ1n) is 6.40. The van der Waals surface area contributed by atoms with Gasteiger partial charge in [-0.3, -0.25) is 4.98 Å². The number of anilines is 1. The summed E-state index contributed by atoms with van der Waals surface area (Å²) in [4.78, 5) is 8.34. The summed E-state index contributed by atoms with van der Waals surface area (Å²) in [5.74, 6) is 0.296. The van der Waals surface area contributed by atoms with E-state index >= 15 is 0 Å². The smallest absolute Gasteiger partial charge is 0.406 e. The van der Waals surface area contributed by atoms with E-state index in [1.807, 2.05) is 6.92 Å². The highest BCUT2D eigenvalue weighted by molar-refractivity contribution is 5.61. The molecule has 0 unspecified atom stereocenters. The monoisotopic (exact) mass is 297 g/mol. The molecule has 1 heterocycles. The molecule has 1 N–H and O–H groups in total. The summed E-state index contributed by atoms with van der Waals surface area (Å²) < 4.78 is 40.6. The Morgan fingerprint density at radius 1 is 1.24 bits per heavy atom. The van der Waals surface area contributed by atoms with Gasteiger partial charge in [-0.05, 0) is 18.6 Å². The molecule has 0 fully saturated rings. The first kappa shape index (κ1) is 15.1. The number of benzene rings is 1. The molecule has 0 aliphatic heterocycles. The fourth-order valence-corrected chi connectivity index (χ4v) is 1.70. The Balaban J connectivity index is 2.23. The lowest BCUT2D eigenvalue weighted by atomic mass is 10.1. The van der Waals surface area contributed by atoms with Crippen LogP contribution in [0.15, 0.2) is 36.7 Å². The number of rotatable bonds is 5. The highest BCUT2D eigenvalue weighted by Crippen LogP contribution is 2.27. The summed E-state index contributed by atoms with van der Waals surface area (Å²) in [5, 5.41) is 3.07. The molecule has 0 bridgehead atoms. The van der Waals surface area contributed by atoms with Crippen molar-refractivity contribution in [3.8, 4) is 17.0 Å². The Morgan fingerprint density at radius 2 is 2.05 bits per heavy atom. The summed E-state index contributed by atoms with van der Waals surface area (Å²) in [6.07, 6.45) is -0.727. The zero-order valence-electron chi connectivity index (χ0n) is 11.3. The quantitative estimate of drug-likeness (QED) is 0.910. The molecule has 2 rings (SSSR count). The van der Waals surface area contributed by atoms with Crippen LogP contribution in [0.4, 0.5) is 19.0 Å². The number of hydrogen-bond donors (Lipinski definition) is 1. The lowest BCUT2D eigenvalue weighted by Crippen LogP contribution is -2.17. The van der Waals surface area contributed by atoms with E-state index in [2.05, 4.69) is 20.0 Å². The Morgan fingerprint density at radius 3 is 2.76 bits per heavy atom. The van der Waals surface area contributed by atoms with Crippen molar-refractivity contribution in [3.63, 3.8) is 0 Å². The van der Waals surface area contributed by atoms with Crippen molar-refractivity contribution < 1.29 is 17.9 Å². The lowest BCUT2D eigenvalue weighted by Gasteiger charge is -2.10. The SMILES string of the molecule is CCCNc1cncc(-c2cccc(OC(F)(F)F)c2)n1. The fraction of sp³-hybridized carbons (Fsp3) is 0.286. The number of nitrogens with one attached hydrogen (secondary N) is 1. The molecule has 0 amide bonds. The van der Waals surface area contributed by atoms with Gasteiger partial charge < -0.3 is 10.1 Å². The summed E-state index contributed by atoms with van der Waals surface area (Å²) in [5.41, 5.74) is 0.980. The van der Waals surface area contributed by atoms with E-state index in [0.29, 0.717) is 17.1 Å². The van der Waals surface area contributed by atoms with Crippen molar-refractivity contribution >= 4 is 5.82 Å². The highest BCUT2D eigenvalue weighted by Gasteiger charge is 2.31. The molecule has 1 aromatic heterocycles. The first-order chi connectivity index (χ1) is 9.98. The topological polar surface area (TPSA) is 47.0 Å². The molecule has 4 nitrogen and oxygen atoms in total. The standard InChI is InChI=1S/C14H14F3N3O/c1-2-6-19-13-9-18-8-12(20-13)10-4-3-5-11(7-10)21-14(15,16)17/h3-5,7-9H,2,6H2,1H3,(H,19,20). The molecule has 0 saturated heterocycles. The van der Waals surface area contributed by atoms with Gasteiger partial charge in [-0.25, -0.2) is 4.98 Å². The maximum Gasteiger partial charge on any atom is 0.573 e. The van der Waals surface area contributed by atoms with Gasteiger partial charge in [0, 0.05) is 12.1 Å². The average Bonchev–Trinajstić information content (AvgIpc) is 2.44. The van der Waals surface area contributed by atoms with E-state index in [4.69, 9.17) is 0 Å². The van der Waals surface area contributed by atoms with Gasteiger partial charge in [-0.15, -0.1) is 13.2 Å². The number of nitrogens with zero attached hydrogens (tertiary/aromatic N) is 2. The minimum absolute atomic E-state index is 0.284. The third kappa shape index (κ3) is 4.62. The highest BCUT2D eigenvalue weighted by atomic mass is 19.4. The number of aromatic nitrogens is 2. The van der Waals surface area contributed by atoms with Gasteiger partial charge in [0.15, 0.2) is 0 Å². The number of alkyl halides is 3. The van der Waals surface area contributed by atoms with Gasteiger partial charge in [0.05, 0.1) is 18.1 Å². The van der Waals surface area contributed by atoms with Crippen LogP contribution < -0.4 is 10.1 Å². The van der Waals surface area contributed by atoms with E-state index in [1.54, 1.807) is 12.3 Å². The summed E-state index contributed by atoms with van der Waals surface area (Å²) in [6, 6.07) is 5.64. The van der Waals surface area contributed by atoms with Crippen LogP contribution in [0.2, 0.25) is 0 Å². The van der Waals surface area contributed by atoms with Crippen LogP contribution in [0.5, 0.6) is 5.75 Å². The van der Waals surface area contributed by atoms with Crippen LogP contribution >= 0.6 is 0 Å². The first-order valence-corrected chi connectivity index (χ1v) is 6.40. The zero-order valence-corrected chi connectivity index (χ0v) is 11.3. The lowest BCUT2D eigenvalue weighted by molar-refractivity contribution is -0.274. The van der Waals surface area contributed by atoms with Crippen LogP contribution in [0, 0.1) is 0 Å². The predicted molar refractivity (Wildman–Crippen MR) is 72.9 cm³/mol. The minimum atomic E-state index is -4.71. The summed E-state index contributed by atoms with van der Waals surface area (Å²) >= 11 is 0. The van der Waals surface area contributed by atoms with Gasteiger partial charge in [0.25, 0.3) is 0 Å². The number of hydrogen-bond acceptors (Lipinski definition) is 4. The second-order valence-corrected chi connectivity index (χ2v) is 4.29. The van der Waals surface area contributed by atoms with Crippen molar-refractivity contribution in [2.24, 2.45) is 0 Å². The fourth-order valence-electron chi connectivity index (χ4n) is 1.70. The van der Waals surface area contributed by atoms with Crippen LogP contribution in [-0.4, -0.2) is 22.9 Å². The normalized spacial score (nSPS) is 11.2. The van der Waals surface area contributed by atoms with Crippen LogP contribution in [-0.2, 0) is 0 Å². The van der Waals surface area contributed by atoms with Crippen LogP contribution in [0.1, 0.15) is 13.3 Å². The second kappa shape index (κ2) is 6.43. The Kier molecular flexibility index (Phi) is 4.62. The zero-order chi connectivity index (χ0) is 15.3. The van der Waals surface area contributed by atoms with Gasteiger partial charge in [0.2, 0.25) is 0 Å².